The molecule has 4 aliphatic rings. The van der Waals surface area contributed by atoms with Gasteiger partial charge in [0.2, 0.25) is 0 Å². The highest BCUT2D eigenvalue weighted by Gasteiger charge is 2.68. The molecule has 3 saturated carbocycles. The second-order valence-corrected chi connectivity index (χ2v) is 10.1. The first-order chi connectivity index (χ1) is 12.0. The first-order valence-electron chi connectivity index (χ1n) is 10.2. The Morgan fingerprint density at radius 2 is 1.96 bits per heavy atom. The minimum Gasteiger partial charge on any atom is -0.393 e. The van der Waals surface area contributed by atoms with E-state index >= 15 is 0 Å². The molecule has 0 amide bonds. The highest BCUT2D eigenvalue weighted by molar-refractivity contribution is 5.91. The lowest BCUT2D eigenvalue weighted by Crippen LogP contribution is -2.62. The lowest BCUT2D eigenvalue weighted by molar-refractivity contribution is -0.181. The molecule has 0 aromatic carbocycles. The number of aliphatic hydroxyl groups is 2. The van der Waals surface area contributed by atoms with Gasteiger partial charge in [-0.15, -0.1) is 0 Å². The van der Waals surface area contributed by atoms with Gasteiger partial charge in [0.25, 0.3) is 0 Å². The topological polar surface area (TPSA) is 74.6 Å². The van der Waals surface area contributed by atoms with E-state index in [9.17, 15) is 19.8 Å². The summed E-state index contributed by atoms with van der Waals surface area (Å²) in [5.41, 5.74) is -0.792. The molecule has 4 heteroatoms. The minimum atomic E-state index is -1.31. The van der Waals surface area contributed by atoms with Gasteiger partial charge >= 0.3 is 0 Å². The van der Waals surface area contributed by atoms with Gasteiger partial charge in [0.05, 0.1) is 6.10 Å². The lowest BCUT2D eigenvalue weighted by atomic mass is 9.44. The van der Waals surface area contributed by atoms with Gasteiger partial charge in [0.1, 0.15) is 5.60 Å². The molecular formula is C22H32O4. The van der Waals surface area contributed by atoms with Crippen LogP contribution in [0.3, 0.4) is 0 Å². The standard InChI is InChI=1S/C22H32O4/c1-12-9-15-16-6-8-22(26,13(2)23)21(16,4)11-18(25)19(15)20(3)7-5-14(24)10-17(12)20/h10,12,15-16,18-19,25-26H,5-9,11H2,1-4H3/t12-,15-,16-,18+,19-,20-,21-,22-/m1/s1. The molecule has 3 fully saturated rings. The molecule has 0 saturated heterocycles. The lowest BCUT2D eigenvalue weighted by Gasteiger charge is -2.61. The fourth-order valence-electron chi connectivity index (χ4n) is 7.70. The maximum atomic E-state index is 12.3. The second-order valence-electron chi connectivity index (χ2n) is 10.1. The number of carbonyl (C=O) groups is 2. The van der Waals surface area contributed by atoms with E-state index in [1.165, 1.54) is 12.5 Å². The number of hydrogen-bond acceptors (Lipinski definition) is 4. The van der Waals surface area contributed by atoms with Gasteiger partial charge in [-0.05, 0) is 74.2 Å². The molecule has 4 aliphatic carbocycles. The van der Waals surface area contributed by atoms with Gasteiger partial charge in [-0.25, -0.2) is 0 Å². The Morgan fingerprint density at radius 1 is 1.27 bits per heavy atom. The maximum absolute atomic E-state index is 12.3. The zero-order valence-electron chi connectivity index (χ0n) is 16.4. The summed E-state index contributed by atoms with van der Waals surface area (Å²) >= 11 is 0. The Labute approximate surface area is 156 Å². The average molecular weight is 360 g/mol. The van der Waals surface area contributed by atoms with Crippen LogP contribution in [0.25, 0.3) is 0 Å². The quantitative estimate of drug-likeness (QED) is 0.754. The molecule has 8 atom stereocenters. The van der Waals surface area contributed by atoms with E-state index < -0.39 is 17.1 Å². The summed E-state index contributed by atoms with van der Waals surface area (Å²) in [7, 11) is 0. The Balaban J connectivity index is 1.79. The number of rotatable bonds is 1. The Morgan fingerprint density at radius 3 is 2.62 bits per heavy atom. The SMILES string of the molecule is CC(=O)[C@]1(O)CC[C@@H]2[C@H]3C[C@@H](C)C4=CC(=O)CC[C@@]4(C)[C@H]3[C@@H](O)C[C@]21C. The predicted molar refractivity (Wildman–Crippen MR) is 98.3 cm³/mol. The monoisotopic (exact) mass is 360 g/mol. The van der Waals surface area contributed by atoms with Crippen molar-refractivity contribution in [2.45, 2.75) is 77.9 Å². The predicted octanol–water partition coefficient (Wildman–Crippen LogP) is 3.06. The number of carbonyl (C=O) groups excluding carboxylic acids is 2. The van der Waals surface area contributed by atoms with Crippen LogP contribution < -0.4 is 0 Å². The summed E-state index contributed by atoms with van der Waals surface area (Å²) in [5, 5.41) is 22.5. The van der Waals surface area contributed by atoms with Crippen LogP contribution in [0.1, 0.15) is 66.2 Å². The van der Waals surface area contributed by atoms with Crippen molar-refractivity contribution in [1.82, 2.24) is 0 Å². The van der Waals surface area contributed by atoms with E-state index in [4.69, 9.17) is 0 Å². The molecule has 0 aliphatic heterocycles. The van der Waals surface area contributed by atoms with E-state index in [0.717, 1.165) is 19.3 Å². The van der Waals surface area contributed by atoms with Gasteiger partial charge in [0.15, 0.2) is 11.6 Å². The molecule has 0 bridgehead atoms. The van der Waals surface area contributed by atoms with E-state index in [2.05, 4.69) is 13.8 Å². The van der Waals surface area contributed by atoms with Crippen LogP contribution in [-0.4, -0.2) is 33.5 Å². The minimum absolute atomic E-state index is 0.116. The zero-order chi connectivity index (χ0) is 19.1. The molecule has 26 heavy (non-hydrogen) atoms. The summed E-state index contributed by atoms with van der Waals surface area (Å²) in [4.78, 5) is 24.3. The normalized spacial score (nSPS) is 53.4. The van der Waals surface area contributed by atoms with Crippen molar-refractivity contribution < 1.29 is 19.8 Å². The summed E-state index contributed by atoms with van der Waals surface area (Å²) < 4.78 is 0. The molecular weight excluding hydrogens is 328 g/mol. The van der Waals surface area contributed by atoms with Crippen molar-refractivity contribution >= 4 is 11.6 Å². The third kappa shape index (κ3) is 2.09. The first-order valence-corrected chi connectivity index (χ1v) is 10.2. The Kier molecular flexibility index (Phi) is 3.89. The average Bonchev–Trinajstić information content (AvgIpc) is 2.81. The fourth-order valence-corrected chi connectivity index (χ4v) is 7.70. The number of fused-ring (bicyclic) bond motifs is 5. The van der Waals surface area contributed by atoms with Crippen LogP contribution >= 0.6 is 0 Å². The van der Waals surface area contributed by atoms with Crippen LogP contribution in [0.4, 0.5) is 0 Å². The zero-order valence-corrected chi connectivity index (χ0v) is 16.4. The Bertz CT molecular complexity index is 696. The molecule has 0 radical (unpaired) electrons. The van der Waals surface area contributed by atoms with Crippen LogP contribution in [-0.2, 0) is 9.59 Å². The third-order valence-corrected chi connectivity index (χ3v) is 8.95. The van der Waals surface area contributed by atoms with Crippen LogP contribution in [0.5, 0.6) is 0 Å². The van der Waals surface area contributed by atoms with E-state index in [0.29, 0.717) is 31.1 Å². The van der Waals surface area contributed by atoms with Gasteiger partial charge in [-0.3, -0.25) is 9.59 Å². The maximum Gasteiger partial charge on any atom is 0.161 e. The van der Waals surface area contributed by atoms with E-state index in [-0.39, 0.29) is 28.8 Å². The third-order valence-electron chi connectivity index (χ3n) is 8.95. The van der Waals surface area contributed by atoms with Crippen LogP contribution in [0, 0.1) is 34.5 Å². The van der Waals surface area contributed by atoms with Crippen LogP contribution in [0.2, 0.25) is 0 Å². The van der Waals surface area contributed by atoms with Gasteiger partial charge in [0, 0.05) is 11.8 Å². The summed E-state index contributed by atoms with van der Waals surface area (Å²) in [6, 6.07) is 0. The number of Topliss-reactive ketones (excluding diaryl/α,β-unsaturated/α-hetero) is 1. The van der Waals surface area contributed by atoms with E-state index in [1.54, 1.807) is 0 Å². The molecule has 144 valence electrons. The van der Waals surface area contributed by atoms with Crippen molar-refractivity contribution in [2.24, 2.45) is 34.5 Å². The molecule has 0 aromatic rings. The van der Waals surface area contributed by atoms with Gasteiger partial charge in [-0.2, -0.15) is 0 Å². The second kappa shape index (κ2) is 5.51. The molecule has 0 heterocycles. The van der Waals surface area contributed by atoms with Crippen molar-refractivity contribution in [2.75, 3.05) is 0 Å². The van der Waals surface area contributed by atoms with Crippen molar-refractivity contribution in [1.29, 1.82) is 0 Å². The number of ketones is 2. The smallest absolute Gasteiger partial charge is 0.161 e. The number of aliphatic hydroxyl groups excluding tert-OH is 1. The highest BCUT2D eigenvalue weighted by atomic mass is 16.3. The highest BCUT2D eigenvalue weighted by Crippen LogP contribution is 2.68. The van der Waals surface area contributed by atoms with Gasteiger partial charge < -0.3 is 10.2 Å². The summed E-state index contributed by atoms with van der Waals surface area (Å²) in [6.45, 7) is 7.94. The summed E-state index contributed by atoms with van der Waals surface area (Å²) in [6.07, 6.45) is 5.44. The molecule has 0 spiro atoms. The molecule has 0 aromatic heterocycles. The van der Waals surface area contributed by atoms with Gasteiger partial charge in [-0.1, -0.05) is 26.3 Å². The fraction of sp³-hybridized carbons (Fsp3) is 0.818. The molecule has 4 rings (SSSR count). The van der Waals surface area contributed by atoms with Crippen molar-refractivity contribution in [3.63, 3.8) is 0 Å². The van der Waals surface area contributed by atoms with E-state index in [1.807, 2.05) is 13.0 Å². The van der Waals surface area contributed by atoms with Crippen molar-refractivity contribution in [3.05, 3.63) is 11.6 Å². The van der Waals surface area contributed by atoms with Crippen LogP contribution in [0.15, 0.2) is 11.6 Å². The molecule has 2 N–H and O–H groups in total. The molecule has 4 nitrogen and oxygen atoms in total. The largest absolute Gasteiger partial charge is 0.393 e. The first kappa shape index (κ1) is 18.4. The number of allylic oxidation sites excluding steroid dienone is 1. The Hall–Kier alpha value is -1.00. The van der Waals surface area contributed by atoms with Crippen molar-refractivity contribution in [3.8, 4) is 0 Å². The molecule has 0 unspecified atom stereocenters. The summed E-state index contributed by atoms with van der Waals surface area (Å²) in [5.74, 6) is 1.03. The number of hydrogen-bond donors (Lipinski definition) is 2.